The van der Waals surface area contributed by atoms with Gasteiger partial charge < -0.3 is 9.64 Å². The molecule has 0 spiro atoms. The third-order valence-electron chi connectivity index (χ3n) is 4.37. The lowest BCUT2D eigenvalue weighted by molar-refractivity contribution is -0.129. The number of ether oxygens (including phenoxy) is 1. The van der Waals surface area contributed by atoms with Crippen LogP contribution < -0.4 is 0 Å². The van der Waals surface area contributed by atoms with Gasteiger partial charge in [-0.2, -0.15) is 0 Å². The molecule has 4 nitrogen and oxygen atoms in total. The van der Waals surface area contributed by atoms with E-state index in [9.17, 15) is 14.0 Å². The van der Waals surface area contributed by atoms with Gasteiger partial charge >= 0.3 is 6.09 Å². The van der Waals surface area contributed by atoms with Crippen molar-refractivity contribution in [2.45, 2.75) is 31.7 Å². The Morgan fingerprint density at radius 3 is 2.28 bits per heavy atom. The van der Waals surface area contributed by atoms with E-state index in [0.717, 1.165) is 11.1 Å². The van der Waals surface area contributed by atoms with Crippen LogP contribution in [-0.4, -0.2) is 35.5 Å². The highest BCUT2D eigenvalue weighted by atomic mass is 19.1. The first-order valence-electron chi connectivity index (χ1n) is 8.33. The van der Waals surface area contributed by atoms with Crippen LogP contribution in [0.5, 0.6) is 0 Å². The van der Waals surface area contributed by atoms with Crippen LogP contribution in [-0.2, 0) is 22.6 Å². The molecule has 0 N–H and O–H groups in total. The first-order chi connectivity index (χ1) is 12.1. The van der Waals surface area contributed by atoms with Crippen LogP contribution >= 0.6 is 0 Å². The molecular formula is C20H20FNO3. The predicted octanol–water partition coefficient (Wildman–Crippen LogP) is 3.55. The van der Waals surface area contributed by atoms with Crippen molar-refractivity contribution in [2.75, 3.05) is 6.54 Å². The minimum Gasteiger partial charge on any atom is -0.445 e. The Balaban J connectivity index is 1.70. The Bertz CT molecular complexity index is 720. The second kappa shape index (κ2) is 7.92. The van der Waals surface area contributed by atoms with Crippen molar-refractivity contribution >= 4 is 11.9 Å². The zero-order chi connectivity index (χ0) is 17.6. The first-order valence-corrected chi connectivity index (χ1v) is 8.33. The quantitative estimate of drug-likeness (QED) is 0.854. The number of rotatable bonds is 4. The largest absolute Gasteiger partial charge is 0.445 e. The Morgan fingerprint density at radius 1 is 1.04 bits per heavy atom. The second-order valence-electron chi connectivity index (χ2n) is 6.11. The molecule has 0 bridgehead atoms. The molecule has 3 rings (SSSR count). The molecule has 2 unspecified atom stereocenters. The maximum absolute atomic E-state index is 14.5. The topological polar surface area (TPSA) is 46.6 Å². The van der Waals surface area contributed by atoms with Gasteiger partial charge in [-0.1, -0.05) is 60.7 Å². The van der Waals surface area contributed by atoms with Crippen molar-refractivity contribution in [2.24, 2.45) is 0 Å². The lowest BCUT2D eigenvalue weighted by atomic mass is 9.93. The van der Waals surface area contributed by atoms with Gasteiger partial charge in [-0.05, 0) is 17.5 Å². The van der Waals surface area contributed by atoms with E-state index >= 15 is 0 Å². The third kappa shape index (κ3) is 4.24. The number of halogens is 1. The highest BCUT2D eigenvalue weighted by Crippen LogP contribution is 2.23. The van der Waals surface area contributed by atoms with E-state index < -0.39 is 24.1 Å². The van der Waals surface area contributed by atoms with Crippen molar-refractivity contribution in [3.05, 3.63) is 71.8 Å². The zero-order valence-corrected chi connectivity index (χ0v) is 13.8. The van der Waals surface area contributed by atoms with Gasteiger partial charge in [-0.15, -0.1) is 0 Å². The van der Waals surface area contributed by atoms with E-state index in [0.29, 0.717) is 0 Å². The van der Waals surface area contributed by atoms with Crippen molar-refractivity contribution < 1.29 is 18.7 Å². The smallest absolute Gasteiger partial charge is 0.410 e. The van der Waals surface area contributed by atoms with E-state index in [-0.39, 0.29) is 26.0 Å². The number of hydrogen-bond acceptors (Lipinski definition) is 3. The number of likely N-dealkylation sites (tertiary alicyclic amines) is 1. The van der Waals surface area contributed by atoms with Crippen LogP contribution in [0.25, 0.3) is 0 Å². The van der Waals surface area contributed by atoms with Crippen LogP contribution in [0.3, 0.4) is 0 Å². The summed E-state index contributed by atoms with van der Waals surface area (Å²) in [6, 6.07) is 17.8. The van der Waals surface area contributed by atoms with Gasteiger partial charge in [-0.25, -0.2) is 9.18 Å². The Hall–Kier alpha value is -2.69. The van der Waals surface area contributed by atoms with Crippen LogP contribution in [0, 0.1) is 0 Å². The molecule has 1 aliphatic heterocycles. The summed E-state index contributed by atoms with van der Waals surface area (Å²) < 4.78 is 19.8. The van der Waals surface area contributed by atoms with Gasteiger partial charge in [0.25, 0.3) is 0 Å². The molecule has 5 heteroatoms. The molecule has 0 radical (unpaired) electrons. The molecule has 2 aromatic rings. The maximum atomic E-state index is 14.5. The molecule has 1 heterocycles. The Labute approximate surface area is 146 Å². The number of piperidine rings is 1. The summed E-state index contributed by atoms with van der Waals surface area (Å²) in [7, 11) is 0. The minimum absolute atomic E-state index is 0.0207. The monoisotopic (exact) mass is 341 g/mol. The summed E-state index contributed by atoms with van der Waals surface area (Å²) in [5.41, 5.74) is 1.74. The number of amides is 1. The van der Waals surface area contributed by atoms with Crippen molar-refractivity contribution in [3.63, 3.8) is 0 Å². The fraction of sp³-hybridized carbons (Fsp3) is 0.300. The summed E-state index contributed by atoms with van der Waals surface area (Å²) in [4.78, 5) is 25.6. The first kappa shape index (κ1) is 17.1. The van der Waals surface area contributed by atoms with Crippen molar-refractivity contribution in [1.29, 1.82) is 0 Å². The zero-order valence-electron chi connectivity index (χ0n) is 13.8. The standard InChI is InChI=1S/C20H20FNO3/c21-19-17(13-15-7-3-1-4-8-15)22(12-11-18(19)23)20(24)25-14-16-9-5-2-6-10-16/h1-10,17,19H,11-14H2. The number of nitrogens with zero attached hydrogens (tertiary/aromatic N) is 1. The average Bonchev–Trinajstić information content (AvgIpc) is 2.65. The molecule has 25 heavy (non-hydrogen) atoms. The van der Waals surface area contributed by atoms with Crippen molar-refractivity contribution in [1.82, 2.24) is 4.90 Å². The minimum atomic E-state index is -1.68. The van der Waals surface area contributed by atoms with E-state index in [1.807, 2.05) is 60.7 Å². The number of carbonyl (C=O) groups excluding carboxylic acids is 2. The summed E-state index contributed by atoms with van der Waals surface area (Å²) in [5.74, 6) is -0.451. The molecule has 0 saturated carbocycles. The molecule has 0 aliphatic carbocycles. The maximum Gasteiger partial charge on any atom is 0.410 e. The molecule has 2 aromatic carbocycles. The lowest BCUT2D eigenvalue weighted by Crippen LogP contribution is -2.54. The van der Waals surface area contributed by atoms with Crippen LogP contribution in [0.2, 0.25) is 0 Å². The highest BCUT2D eigenvalue weighted by molar-refractivity contribution is 5.86. The second-order valence-corrected chi connectivity index (χ2v) is 6.11. The number of carbonyl (C=O) groups is 2. The summed E-state index contributed by atoms with van der Waals surface area (Å²) in [6.07, 6.45) is -1.96. The normalized spacial score (nSPS) is 20.4. The number of hydrogen-bond donors (Lipinski definition) is 0. The molecule has 1 fully saturated rings. The van der Waals surface area contributed by atoms with Crippen LogP contribution in [0.1, 0.15) is 17.5 Å². The number of benzene rings is 2. The van der Waals surface area contributed by atoms with Crippen LogP contribution in [0.15, 0.2) is 60.7 Å². The fourth-order valence-corrected chi connectivity index (χ4v) is 3.01. The van der Waals surface area contributed by atoms with Gasteiger partial charge in [0, 0.05) is 13.0 Å². The Morgan fingerprint density at radius 2 is 1.64 bits per heavy atom. The van der Waals surface area contributed by atoms with Gasteiger partial charge in [0.05, 0.1) is 6.04 Å². The molecule has 1 aliphatic rings. The molecular weight excluding hydrogens is 321 g/mol. The van der Waals surface area contributed by atoms with Gasteiger partial charge in [-0.3, -0.25) is 4.79 Å². The van der Waals surface area contributed by atoms with Crippen molar-refractivity contribution in [3.8, 4) is 0 Å². The lowest BCUT2D eigenvalue weighted by Gasteiger charge is -2.36. The summed E-state index contributed by atoms with van der Waals surface area (Å²) >= 11 is 0. The van der Waals surface area contributed by atoms with E-state index in [1.165, 1.54) is 4.90 Å². The number of Topliss-reactive ketones (excluding diaryl/α,β-unsaturated/α-hetero) is 1. The average molecular weight is 341 g/mol. The molecule has 2 atom stereocenters. The van der Waals surface area contributed by atoms with Gasteiger partial charge in [0.1, 0.15) is 6.61 Å². The van der Waals surface area contributed by atoms with E-state index in [1.54, 1.807) is 0 Å². The molecule has 1 amide bonds. The fourth-order valence-electron chi connectivity index (χ4n) is 3.01. The molecule has 1 saturated heterocycles. The van der Waals surface area contributed by atoms with E-state index in [2.05, 4.69) is 0 Å². The summed E-state index contributed by atoms with van der Waals surface area (Å²) in [5, 5.41) is 0. The third-order valence-corrected chi connectivity index (χ3v) is 4.37. The Kier molecular flexibility index (Phi) is 5.43. The summed E-state index contributed by atoms with van der Waals surface area (Å²) in [6.45, 7) is 0.309. The molecule has 0 aromatic heterocycles. The SMILES string of the molecule is O=C1CCN(C(=O)OCc2ccccc2)C(Cc2ccccc2)C1F. The van der Waals surface area contributed by atoms with E-state index in [4.69, 9.17) is 4.74 Å². The number of alkyl halides is 1. The van der Waals surface area contributed by atoms with Gasteiger partial charge in [0.2, 0.25) is 0 Å². The highest BCUT2D eigenvalue weighted by Gasteiger charge is 2.40. The molecule has 130 valence electrons. The number of ketones is 1. The van der Waals surface area contributed by atoms with Crippen LogP contribution in [0.4, 0.5) is 9.18 Å². The van der Waals surface area contributed by atoms with Gasteiger partial charge in [0.15, 0.2) is 12.0 Å². The predicted molar refractivity (Wildman–Crippen MR) is 91.8 cm³/mol.